The highest BCUT2D eigenvalue weighted by Crippen LogP contribution is 2.24. The third kappa shape index (κ3) is 3.47. The van der Waals surface area contributed by atoms with Crippen molar-refractivity contribution in [1.82, 2.24) is 10.3 Å². The van der Waals surface area contributed by atoms with Gasteiger partial charge in [0.05, 0.1) is 10.7 Å². The topological polar surface area (TPSA) is 24.9 Å². The molecule has 3 heteroatoms. The third-order valence-corrected chi connectivity index (χ3v) is 4.86. The standard InChI is InChI=1S/C17H22N2S/c1-11-6-12(2)8-14(7-11)9-17-19-13(3)16(20-17)10-18-15-4-5-15/h6-8,15,18H,4-5,9-10H2,1-3H3. The highest BCUT2D eigenvalue weighted by molar-refractivity contribution is 7.11. The first kappa shape index (κ1) is 13.8. The van der Waals surface area contributed by atoms with E-state index in [4.69, 9.17) is 4.98 Å². The van der Waals surface area contributed by atoms with Gasteiger partial charge in [0, 0.05) is 23.9 Å². The van der Waals surface area contributed by atoms with Crippen LogP contribution in [0.5, 0.6) is 0 Å². The van der Waals surface area contributed by atoms with Crippen LogP contribution >= 0.6 is 11.3 Å². The van der Waals surface area contributed by atoms with Gasteiger partial charge in [0.15, 0.2) is 0 Å². The molecule has 2 aromatic rings. The molecule has 0 radical (unpaired) electrons. The van der Waals surface area contributed by atoms with Crippen LogP contribution in [0.4, 0.5) is 0 Å². The Morgan fingerprint density at radius 2 is 1.85 bits per heavy atom. The van der Waals surface area contributed by atoms with Crippen LogP contribution in [-0.2, 0) is 13.0 Å². The van der Waals surface area contributed by atoms with Crippen LogP contribution in [0.25, 0.3) is 0 Å². The lowest BCUT2D eigenvalue weighted by atomic mass is 10.1. The summed E-state index contributed by atoms with van der Waals surface area (Å²) in [7, 11) is 0. The number of hydrogen-bond acceptors (Lipinski definition) is 3. The SMILES string of the molecule is Cc1cc(C)cc(Cc2nc(C)c(CNC3CC3)s2)c1. The number of benzene rings is 1. The lowest BCUT2D eigenvalue weighted by Crippen LogP contribution is -2.14. The van der Waals surface area contributed by atoms with Crippen molar-refractivity contribution < 1.29 is 0 Å². The van der Waals surface area contributed by atoms with E-state index >= 15 is 0 Å². The second-order valence-electron chi connectivity index (χ2n) is 5.94. The molecule has 0 amide bonds. The highest BCUT2D eigenvalue weighted by atomic mass is 32.1. The summed E-state index contributed by atoms with van der Waals surface area (Å²) in [5.41, 5.74) is 5.24. The van der Waals surface area contributed by atoms with Crippen LogP contribution in [0, 0.1) is 20.8 Å². The van der Waals surface area contributed by atoms with E-state index in [1.165, 1.54) is 45.1 Å². The summed E-state index contributed by atoms with van der Waals surface area (Å²) in [5, 5.41) is 4.82. The molecule has 20 heavy (non-hydrogen) atoms. The smallest absolute Gasteiger partial charge is 0.0975 e. The summed E-state index contributed by atoms with van der Waals surface area (Å²) in [4.78, 5) is 6.14. The molecule has 1 aliphatic rings. The predicted molar refractivity (Wildman–Crippen MR) is 85.4 cm³/mol. The molecule has 106 valence electrons. The number of hydrogen-bond donors (Lipinski definition) is 1. The largest absolute Gasteiger partial charge is 0.309 e. The minimum absolute atomic E-state index is 0.763. The van der Waals surface area contributed by atoms with Crippen molar-refractivity contribution in [2.24, 2.45) is 0 Å². The van der Waals surface area contributed by atoms with Crippen molar-refractivity contribution in [3.8, 4) is 0 Å². The van der Waals surface area contributed by atoms with Gasteiger partial charge in [-0.2, -0.15) is 0 Å². The number of aryl methyl sites for hydroxylation is 3. The number of thiazole rings is 1. The number of aromatic nitrogens is 1. The molecule has 2 nitrogen and oxygen atoms in total. The molecule has 1 aromatic heterocycles. The highest BCUT2D eigenvalue weighted by Gasteiger charge is 2.21. The Bertz CT molecular complexity index is 591. The Kier molecular flexibility index (Phi) is 3.90. The molecule has 0 saturated heterocycles. The zero-order chi connectivity index (χ0) is 14.1. The first-order valence-corrected chi connectivity index (χ1v) is 8.17. The fraction of sp³-hybridized carbons (Fsp3) is 0.471. The minimum Gasteiger partial charge on any atom is -0.309 e. The molecule has 1 fully saturated rings. The predicted octanol–water partition coefficient (Wildman–Crippen LogP) is 3.91. The molecular formula is C17H22N2S. The van der Waals surface area contributed by atoms with Crippen LogP contribution in [0.15, 0.2) is 18.2 Å². The molecule has 1 heterocycles. The second kappa shape index (κ2) is 5.66. The number of rotatable bonds is 5. The zero-order valence-corrected chi connectivity index (χ0v) is 13.3. The molecule has 0 atom stereocenters. The first-order chi connectivity index (χ1) is 9.60. The maximum atomic E-state index is 4.74. The number of nitrogens with zero attached hydrogens (tertiary/aromatic N) is 1. The summed E-state index contributed by atoms with van der Waals surface area (Å²) in [6.45, 7) is 7.44. The van der Waals surface area contributed by atoms with Crippen molar-refractivity contribution in [3.05, 3.63) is 50.5 Å². The molecule has 1 N–H and O–H groups in total. The Morgan fingerprint density at radius 3 is 2.50 bits per heavy atom. The van der Waals surface area contributed by atoms with Gasteiger partial charge in [-0.15, -0.1) is 11.3 Å². The molecule has 0 aliphatic heterocycles. The summed E-state index contributed by atoms with van der Waals surface area (Å²) in [6.07, 6.45) is 3.64. The molecule has 0 spiro atoms. The fourth-order valence-electron chi connectivity index (χ4n) is 2.60. The monoisotopic (exact) mass is 286 g/mol. The Labute approximate surface area is 125 Å². The molecule has 0 unspecified atom stereocenters. The van der Waals surface area contributed by atoms with Crippen molar-refractivity contribution in [3.63, 3.8) is 0 Å². The van der Waals surface area contributed by atoms with E-state index in [1.54, 1.807) is 0 Å². The molecule has 0 bridgehead atoms. The maximum Gasteiger partial charge on any atom is 0.0975 e. The van der Waals surface area contributed by atoms with Crippen LogP contribution in [0.1, 0.15) is 45.1 Å². The fourth-order valence-corrected chi connectivity index (χ4v) is 3.65. The van der Waals surface area contributed by atoms with Crippen LogP contribution in [0.2, 0.25) is 0 Å². The van der Waals surface area contributed by atoms with Gasteiger partial charge < -0.3 is 5.32 Å². The van der Waals surface area contributed by atoms with E-state index in [0.717, 1.165) is 19.0 Å². The second-order valence-corrected chi connectivity index (χ2v) is 7.11. The van der Waals surface area contributed by atoms with Gasteiger partial charge in [0.25, 0.3) is 0 Å². The quantitative estimate of drug-likeness (QED) is 0.901. The normalized spacial score (nSPS) is 14.8. The minimum atomic E-state index is 0.763. The van der Waals surface area contributed by atoms with E-state index in [1.807, 2.05) is 11.3 Å². The zero-order valence-electron chi connectivity index (χ0n) is 12.5. The summed E-state index contributed by atoms with van der Waals surface area (Å²) in [6, 6.07) is 7.53. The van der Waals surface area contributed by atoms with E-state index in [-0.39, 0.29) is 0 Å². The van der Waals surface area contributed by atoms with Gasteiger partial charge in [-0.05, 0) is 39.2 Å². The van der Waals surface area contributed by atoms with E-state index < -0.39 is 0 Å². The van der Waals surface area contributed by atoms with Crippen molar-refractivity contribution in [2.45, 2.75) is 52.6 Å². The molecule has 1 aromatic carbocycles. The first-order valence-electron chi connectivity index (χ1n) is 7.36. The molecule has 1 aliphatic carbocycles. The Morgan fingerprint density at radius 1 is 1.15 bits per heavy atom. The Hall–Kier alpha value is -1.19. The average molecular weight is 286 g/mol. The average Bonchev–Trinajstić information content (AvgIpc) is 3.11. The summed E-state index contributed by atoms with van der Waals surface area (Å²) < 4.78 is 0. The van der Waals surface area contributed by atoms with Crippen molar-refractivity contribution in [2.75, 3.05) is 0 Å². The molecule has 1 saturated carbocycles. The van der Waals surface area contributed by atoms with Crippen LogP contribution < -0.4 is 5.32 Å². The van der Waals surface area contributed by atoms with Gasteiger partial charge in [0.1, 0.15) is 0 Å². The van der Waals surface area contributed by atoms with Gasteiger partial charge in [-0.3, -0.25) is 0 Å². The van der Waals surface area contributed by atoms with Gasteiger partial charge in [-0.25, -0.2) is 4.98 Å². The van der Waals surface area contributed by atoms with Crippen LogP contribution in [0.3, 0.4) is 0 Å². The molecular weight excluding hydrogens is 264 g/mol. The third-order valence-electron chi connectivity index (χ3n) is 3.70. The lowest BCUT2D eigenvalue weighted by molar-refractivity contribution is 0.691. The van der Waals surface area contributed by atoms with Gasteiger partial charge in [-0.1, -0.05) is 29.3 Å². The maximum absolute atomic E-state index is 4.74. The Balaban J connectivity index is 1.71. The van der Waals surface area contributed by atoms with Gasteiger partial charge >= 0.3 is 0 Å². The van der Waals surface area contributed by atoms with Gasteiger partial charge in [0.2, 0.25) is 0 Å². The van der Waals surface area contributed by atoms with Crippen molar-refractivity contribution in [1.29, 1.82) is 0 Å². The summed E-state index contributed by atoms with van der Waals surface area (Å²) in [5.74, 6) is 0. The van der Waals surface area contributed by atoms with E-state index in [0.29, 0.717) is 0 Å². The van der Waals surface area contributed by atoms with Crippen LogP contribution in [-0.4, -0.2) is 11.0 Å². The van der Waals surface area contributed by atoms with E-state index in [2.05, 4.69) is 44.3 Å². The van der Waals surface area contributed by atoms with E-state index in [9.17, 15) is 0 Å². The summed E-state index contributed by atoms with van der Waals surface area (Å²) >= 11 is 1.86. The number of nitrogens with one attached hydrogen (secondary N) is 1. The van der Waals surface area contributed by atoms with Crippen molar-refractivity contribution >= 4 is 11.3 Å². The lowest BCUT2D eigenvalue weighted by Gasteiger charge is -2.02. The molecule has 3 rings (SSSR count).